The zero-order valence-electron chi connectivity index (χ0n) is 15.2. The van der Waals surface area contributed by atoms with Crippen molar-refractivity contribution in [1.82, 2.24) is 10.6 Å². The van der Waals surface area contributed by atoms with Crippen LogP contribution in [0.15, 0.2) is 29.3 Å². The predicted octanol–water partition coefficient (Wildman–Crippen LogP) is 3.01. The summed E-state index contributed by atoms with van der Waals surface area (Å²) in [6.45, 7) is 11.3. The first-order valence-electron chi connectivity index (χ1n) is 8.50. The third kappa shape index (κ3) is 4.96. The Labute approximate surface area is 140 Å². The molecule has 0 amide bonds. The van der Waals surface area contributed by atoms with Crippen molar-refractivity contribution in [3.05, 3.63) is 35.4 Å². The highest BCUT2D eigenvalue weighted by atomic mass is 16.5. The van der Waals surface area contributed by atoms with Gasteiger partial charge in [-0.3, -0.25) is 4.99 Å². The second-order valence-electron chi connectivity index (χ2n) is 7.43. The fourth-order valence-electron chi connectivity index (χ4n) is 2.88. The lowest BCUT2D eigenvalue weighted by atomic mass is 9.84. The van der Waals surface area contributed by atoms with Gasteiger partial charge in [0.1, 0.15) is 0 Å². The first-order chi connectivity index (χ1) is 10.8. The molecular formula is C19H31N3O. The van der Waals surface area contributed by atoms with E-state index in [2.05, 4.69) is 67.6 Å². The van der Waals surface area contributed by atoms with Crippen LogP contribution in [-0.2, 0) is 10.2 Å². The monoisotopic (exact) mass is 317 g/mol. The number of aryl methyl sites for hydroxylation is 1. The van der Waals surface area contributed by atoms with E-state index in [1.54, 1.807) is 0 Å². The van der Waals surface area contributed by atoms with Crippen molar-refractivity contribution in [1.29, 1.82) is 0 Å². The Morgan fingerprint density at radius 1 is 1.26 bits per heavy atom. The molecule has 0 bridgehead atoms. The normalized spacial score (nSPS) is 22.2. The topological polar surface area (TPSA) is 45.7 Å². The van der Waals surface area contributed by atoms with Gasteiger partial charge in [-0.2, -0.15) is 0 Å². The van der Waals surface area contributed by atoms with Crippen molar-refractivity contribution in [2.75, 3.05) is 26.7 Å². The molecule has 1 fully saturated rings. The summed E-state index contributed by atoms with van der Waals surface area (Å²) in [7, 11) is 1.81. The quantitative estimate of drug-likeness (QED) is 0.648. The Hall–Kier alpha value is -1.55. The molecule has 1 aliphatic rings. The number of hydrogen-bond acceptors (Lipinski definition) is 2. The molecule has 0 saturated carbocycles. The standard InChI is InChI=1S/C19H31N3O/c1-15-7-9-16(10-8-15)18(2,3)13-21-17(20-5)22-14-19(4)11-6-12-23-19/h7-10H,6,11-14H2,1-5H3,(H2,20,21,22). The van der Waals surface area contributed by atoms with Crippen LogP contribution in [0.1, 0.15) is 44.7 Å². The van der Waals surface area contributed by atoms with Crippen molar-refractivity contribution < 1.29 is 4.74 Å². The molecule has 4 nitrogen and oxygen atoms in total. The molecule has 1 unspecified atom stereocenters. The van der Waals surface area contributed by atoms with Crippen LogP contribution < -0.4 is 10.6 Å². The fourth-order valence-corrected chi connectivity index (χ4v) is 2.88. The summed E-state index contributed by atoms with van der Waals surface area (Å²) in [5.74, 6) is 0.835. The number of ether oxygens (including phenoxy) is 1. The van der Waals surface area contributed by atoms with E-state index in [-0.39, 0.29) is 11.0 Å². The van der Waals surface area contributed by atoms with Crippen molar-refractivity contribution in [2.45, 2.75) is 51.6 Å². The molecule has 0 radical (unpaired) electrons. The van der Waals surface area contributed by atoms with Crippen molar-refractivity contribution in [3.63, 3.8) is 0 Å². The average molecular weight is 317 g/mol. The first-order valence-corrected chi connectivity index (χ1v) is 8.50. The molecule has 0 aromatic heterocycles. The average Bonchev–Trinajstić information content (AvgIpc) is 2.95. The summed E-state index contributed by atoms with van der Waals surface area (Å²) < 4.78 is 5.82. The lowest BCUT2D eigenvalue weighted by Crippen LogP contribution is -2.48. The first kappa shape index (κ1) is 17.8. The molecule has 1 saturated heterocycles. The molecule has 1 atom stereocenters. The maximum atomic E-state index is 5.82. The van der Waals surface area contributed by atoms with Gasteiger partial charge < -0.3 is 15.4 Å². The molecule has 0 spiro atoms. The largest absolute Gasteiger partial charge is 0.373 e. The summed E-state index contributed by atoms with van der Waals surface area (Å²) >= 11 is 0. The van der Waals surface area contributed by atoms with Crippen LogP contribution in [0.2, 0.25) is 0 Å². The third-order valence-electron chi connectivity index (χ3n) is 4.68. The highest BCUT2D eigenvalue weighted by Gasteiger charge is 2.30. The Morgan fingerprint density at radius 3 is 2.52 bits per heavy atom. The number of guanidine groups is 1. The lowest BCUT2D eigenvalue weighted by molar-refractivity contribution is 0.0242. The Bertz CT molecular complexity index is 528. The summed E-state index contributed by atoms with van der Waals surface area (Å²) in [5.41, 5.74) is 2.60. The van der Waals surface area contributed by atoms with Gasteiger partial charge in [0.2, 0.25) is 0 Å². The lowest BCUT2D eigenvalue weighted by Gasteiger charge is -2.28. The van der Waals surface area contributed by atoms with Crippen molar-refractivity contribution >= 4 is 5.96 Å². The van der Waals surface area contributed by atoms with E-state index in [0.29, 0.717) is 0 Å². The van der Waals surface area contributed by atoms with E-state index in [4.69, 9.17) is 4.74 Å². The number of hydrogen-bond donors (Lipinski definition) is 2. The Kier molecular flexibility index (Phi) is 5.69. The van der Waals surface area contributed by atoms with E-state index in [1.807, 2.05) is 7.05 Å². The molecule has 2 N–H and O–H groups in total. The van der Waals surface area contributed by atoms with Gasteiger partial charge in [-0.1, -0.05) is 43.7 Å². The number of aliphatic imine (C=N–C) groups is 1. The molecule has 2 rings (SSSR count). The fraction of sp³-hybridized carbons (Fsp3) is 0.632. The van der Waals surface area contributed by atoms with Crippen LogP contribution in [0.5, 0.6) is 0 Å². The van der Waals surface area contributed by atoms with Gasteiger partial charge >= 0.3 is 0 Å². The summed E-state index contributed by atoms with van der Waals surface area (Å²) in [4.78, 5) is 4.33. The molecule has 1 aromatic carbocycles. The van der Waals surface area contributed by atoms with Gasteiger partial charge in [0, 0.05) is 32.2 Å². The molecule has 0 aliphatic carbocycles. The SMILES string of the molecule is CN=C(NCC1(C)CCCO1)NCC(C)(C)c1ccc(C)cc1. The second-order valence-corrected chi connectivity index (χ2v) is 7.43. The van der Waals surface area contributed by atoms with Gasteiger partial charge in [0.25, 0.3) is 0 Å². The molecular weight excluding hydrogens is 286 g/mol. The molecule has 23 heavy (non-hydrogen) atoms. The zero-order valence-corrected chi connectivity index (χ0v) is 15.2. The highest BCUT2D eigenvalue weighted by Crippen LogP contribution is 2.24. The van der Waals surface area contributed by atoms with Crippen LogP contribution in [0.25, 0.3) is 0 Å². The highest BCUT2D eigenvalue weighted by molar-refractivity contribution is 5.79. The molecule has 4 heteroatoms. The minimum atomic E-state index is -0.0654. The van der Waals surface area contributed by atoms with Crippen LogP contribution in [-0.4, -0.2) is 38.3 Å². The van der Waals surface area contributed by atoms with E-state index in [9.17, 15) is 0 Å². The minimum absolute atomic E-state index is 0.0408. The predicted molar refractivity (Wildman–Crippen MR) is 97.2 cm³/mol. The second kappa shape index (κ2) is 7.35. The van der Waals surface area contributed by atoms with E-state index < -0.39 is 0 Å². The van der Waals surface area contributed by atoms with Gasteiger partial charge in [0.05, 0.1) is 5.60 Å². The van der Waals surface area contributed by atoms with Crippen molar-refractivity contribution in [3.8, 4) is 0 Å². The Morgan fingerprint density at radius 2 is 1.96 bits per heavy atom. The molecule has 1 aromatic rings. The van der Waals surface area contributed by atoms with E-state index in [1.165, 1.54) is 11.1 Å². The third-order valence-corrected chi connectivity index (χ3v) is 4.68. The molecule has 1 aliphatic heterocycles. The van der Waals surface area contributed by atoms with Gasteiger partial charge in [-0.25, -0.2) is 0 Å². The van der Waals surface area contributed by atoms with Crippen LogP contribution in [0, 0.1) is 6.92 Å². The smallest absolute Gasteiger partial charge is 0.191 e. The molecule has 1 heterocycles. The van der Waals surface area contributed by atoms with Crippen LogP contribution in [0.3, 0.4) is 0 Å². The summed E-state index contributed by atoms with van der Waals surface area (Å²) in [6, 6.07) is 8.76. The molecule has 128 valence electrons. The number of benzene rings is 1. The number of nitrogens with zero attached hydrogens (tertiary/aromatic N) is 1. The van der Waals surface area contributed by atoms with Gasteiger partial charge in [-0.05, 0) is 32.3 Å². The number of rotatable bonds is 5. The van der Waals surface area contributed by atoms with Crippen LogP contribution >= 0.6 is 0 Å². The maximum absolute atomic E-state index is 5.82. The maximum Gasteiger partial charge on any atom is 0.191 e. The van der Waals surface area contributed by atoms with Gasteiger partial charge in [0.15, 0.2) is 5.96 Å². The number of nitrogens with one attached hydrogen (secondary N) is 2. The van der Waals surface area contributed by atoms with Gasteiger partial charge in [-0.15, -0.1) is 0 Å². The van der Waals surface area contributed by atoms with Crippen molar-refractivity contribution in [2.24, 2.45) is 4.99 Å². The summed E-state index contributed by atoms with van der Waals surface area (Å²) in [6.07, 6.45) is 2.25. The summed E-state index contributed by atoms with van der Waals surface area (Å²) in [5, 5.41) is 6.85. The Balaban J connectivity index is 1.88. The van der Waals surface area contributed by atoms with E-state index in [0.717, 1.165) is 38.5 Å². The van der Waals surface area contributed by atoms with Crippen LogP contribution in [0.4, 0.5) is 0 Å². The van der Waals surface area contributed by atoms with E-state index >= 15 is 0 Å². The zero-order chi connectivity index (χ0) is 16.9. The minimum Gasteiger partial charge on any atom is -0.373 e.